The highest BCUT2D eigenvalue weighted by Crippen LogP contribution is 2.23. The van der Waals surface area contributed by atoms with Gasteiger partial charge in [-0.15, -0.1) is 0 Å². The number of carbonyl (C=O) groups is 2. The fourth-order valence-corrected chi connectivity index (χ4v) is 4.43. The van der Waals surface area contributed by atoms with Gasteiger partial charge in [-0.3, -0.25) is 14.7 Å². The number of nitrogens with zero attached hydrogens (tertiary/aromatic N) is 1. The van der Waals surface area contributed by atoms with Crippen LogP contribution >= 0.6 is 0 Å². The molecule has 0 atom stereocenters. The third kappa shape index (κ3) is 4.44. The number of anilines is 1. The van der Waals surface area contributed by atoms with Crippen molar-refractivity contribution in [2.75, 3.05) is 5.32 Å². The highest BCUT2D eigenvalue weighted by molar-refractivity contribution is 6.14. The van der Waals surface area contributed by atoms with E-state index >= 15 is 0 Å². The predicted octanol–water partition coefficient (Wildman–Crippen LogP) is 6.70. The molecule has 0 saturated heterocycles. The lowest BCUT2D eigenvalue weighted by Gasteiger charge is -2.08. The molecule has 2 aromatic heterocycles. The molecule has 0 bridgehead atoms. The Morgan fingerprint density at radius 2 is 1.62 bits per heavy atom. The number of aromatic nitrogens is 3. The molecule has 2 heterocycles. The number of aromatic amines is 2. The van der Waals surface area contributed by atoms with Crippen LogP contribution in [0.4, 0.5) is 5.69 Å². The van der Waals surface area contributed by atoms with Crippen molar-refractivity contribution in [3.63, 3.8) is 0 Å². The van der Waals surface area contributed by atoms with Gasteiger partial charge in [0.25, 0.3) is 5.91 Å². The lowest BCUT2D eigenvalue weighted by atomic mass is 10.0. The van der Waals surface area contributed by atoms with Crippen molar-refractivity contribution >= 4 is 51.3 Å². The Labute approximate surface area is 212 Å². The molecule has 0 spiro atoms. The van der Waals surface area contributed by atoms with Crippen molar-refractivity contribution < 1.29 is 9.59 Å². The molecule has 6 aromatic rings. The molecule has 4 aromatic carbocycles. The summed E-state index contributed by atoms with van der Waals surface area (Å²) in [5.74, 6) is -0.381. The summed E-state index contributed by atoms with van der Waals surface area (Å²) in [6.45, 7) is 0. The second kappa shape index (κ2) is 9.43. The van der Waals surface area contributed by atoms with E-state index in [1.54, 1.807) is 42.6 Å². The van der Waals surface area contributed by atoms with Gasteiger partial charge in [0, 0.05) is 33.8 Å². The molecule has 0 aliphatic rings. The van der Waals surface area contributed by atoms with Crippen molar-refractivity contribution in [3.05, 3.63) is 131 Å². The first-order valence-corrected chi connectivity index (χ1v) is 11.9. The zero-order chi connectivity index (χ0) is 25.2. The SMILES string of the molecule is O=C(c1cccc(NC(=O)c2cccc3cc[nH]c23)c1)c1ccc2c(/C=C/c3ccccc3)n[nH]c2c1. The van der Waals surface area contributed by atoms with Crippen molar-refractivity contribution in [3.8, 4) is 0 Å². The van der Waals surface area contributed by atoms with Crippen molar-refractivity contribution in [2.45, 2.75) is 0 Å². The Morgan fingerprint density at radius 3 is 2.51 bits per heavy atom. The number of carbonyl (C=O) groups excluding carboxylic acids is 2. The molecule has 0 fully saturated rings. The van der Waals surface area contributed by atoms with Crippen LogP contribution in [0.15, 0.2) is 103 Å². The number of hydrogen-bond donors (Lipinski definition) is 3. The van der Waals surface area contributed by atoms with Gasteiger partial charge in [0.15, 0.2) is 5.78 Å². The van der Waals surface area contributed by atoms with E-state index in [-0.39, 0.29) is 11.7 Å². The third-order valence-corrected chi connectivity index (χ3v) is 6.30. The van der Waals surface area contributed by atoms with Crippen LogP contribution < -0.4 is 5.32 Å². The Balaban J connectivity index is 1.23. The summed E-state index contributed by atoms with van der Waals surface area (Å²) >= 11 is 0. The molecule has 6 rings (SSSR count). The molecular weight excluding hydrogens is 460 g/mol. The number of rotatable bonds is 6. The normalized spacial score (nSPS) is 11.4. The minimum absolute atomic E-state index is 0.138. The molecule has 1 amide bonds. The van der Waals surface area contributed by atoms with Gasteiger partial charge >= 0.3 is 0 Å². The number of amides is 1. The lowest BCUT2D eigenvalue weighted by Crippen LogP contribution is -2.13. The predicted molar refractivity (Wildman–Crippen MR) is 148 cm³/mol. The van der Waals surface area contributed by atoms with Crippen LogP contribution in [0.1, 0.15) is 37.5 Å². The largest absolute Gasteiger partial charge is 0.361 e. The van der Waals surface area contributed by atoms with Gasteiger partial charge in [-0.05, 0) is 48.0 Å². The highest BCUT2D eigenvalue weighted by Gasteiger charge is 2.15. The van der Waals surface area contributed by atoms with Gasteiger partial charge in [0.1, 0.15) is 0 Å². The van der Waals surface area contributed by atoms with E-state index in [1.165, 1.54) is 0 Å². The molecule has 0 saturated carbocycles. The summed E-state index contributed by atoms with van der Waals surface area (Å²) in [5.41, 5.74) is 5.56. The number of fused-ring (bicyclic) bond motifs is 2. The minimum atomic E-state index is -0.243. The van der Waals surface area contributed by atoms with Crippen LogP contribution in [0.5, 0.6) is 0 Å². The smallest absolute Gasteiger partial charge is 0.257 e. The fourth-order valence-electron chi connectivity index (χ4n) is 4.43. The molecule has 3 N–H and O–H groups in total. The molecule has 0 radical (unpaired) electrons. The molecule has 6 nitrogen and oxygen atoms in total. The van der Waals surface area contributed by atoms with E-state index < -0.39 is 0 Å². The monoisotopic (exact) mass is 482 g/mol. The Kier molecular flexibility index (Phi) is 5.67. The second-order valence-corrected chi connectivity index (χ2v) is 8.72. The Morgan fingerprint density at radius 1 is 0.784 bits per heavy atom. The Hall–Kier alpha value is -5.23. The maximum Gasteiger partial charge on any atom is 0.257 e. The first kappa shape index (κ1) is 22.2. The van der Waals surface area contributed by atoms with E-state index in [1.807, 2.05) is 72.8 Å². The maximum atomic E-state index is 13.3. The second-order valence-electron chi connectivity index (χ2n) is 8.72. The zero-order valence-corrected chi connectivity index (χ0v) is 19.7. The first-order chi connectivity index (χ1) is 18.2. The molecule has 6 heteroatoms. The van der Waals surface area contributed by atoms with Crippen LogP contribution in [0.25, 0.3) is 34.0 Å². The van der Waals surface area contributed by atoms with E-state index in [4.69, 9.17) is 0 Å². The summed E-state index contributed by atoms with van der Waals surface area (Å²) in [6, 6.07) is 30.0. The van der Waals surface area contributed by atoms with Gasteiger partial charge in [0.05, 0.1) is 22.3 Å². The number of para-hydroxylation sites is 1. The van der Waals surface area contributed by atoms with E-state index in [0.717, 1.165) is 33.1 Å². The average molecular weight is 483 g/mol. The quantitative estimate of drug-likeness (QED) is 0.231. The fraction of sp³-hybridized carbons (Fsp3) is 0. The van der Waals surface area contributed by atoms with Crippen LogP contribution in [-0.4, -0.2) is 26.9 Å². The van der Waals surface area contributed by atoms with Gasteiger partial charge in [-0.2, -0.15) is 5.10 Å². The molecule has 0 unspecified atom stereocenters. The lowest BCUT2D eigenvalue weighted by molar-refractivity contribution is 0.102. The van der Waals surface area contributed by atoms with Gasteiger partial charge < -0.3 is 10.3 Å². The first-order valence-electron chi connectivity index (χ1n) is 11.9. The van der Waals surface area contributed by atoms with Crippen LogP contribution in [0.2, 0.25) is 0 Å². The number of nitrogens with one attached hydrogen (secondary N) is 3. The third-order valence-electron chi connectivity index (χ3n) is 6.30. The van der Waals surface area contributed by atoms with Crippen molar-refractivity contribution in [1.82, 2.24) is 15.2 Å². The maximum absolute atomic E-state index is 13.3. The molecule has 178 valence electrons. The van der Waals surface area contributed by atoms with Crippen LogP contribution in [-0.2, 0) is 0 Å². The van der Waals surface area contributed by atoms with Gasteiger partial charge in [-0.1, -0.05) is 66.7 Å². The molecule has 37 heavy (non-hydrogen) atoms. The molecule has 0 aliphatic heterocycles. The summed E-state index contributed by atoms with van der Waals surface area (Å²) in [5, 5.41) is 12.2. The van der Waals surface area contributed by atoms with Gasteiger partial charge in [-0.25, -0.2) is 0 Å². The average Bonchev–Trinajstić information content (AvgIpc) is 3.59. The van der Waals surface area contributed by atoms with E-state index in [0.29, 0.717) is 22.4 Å². The van der Waals surface area contributed by atoms with Gasteiger partial charge in [0.2, 0.25) is 0 Å². The van der Waals surface area contributed by atoms with Crippen molar-refractivity contribution in [2.24, 2.45) is 0 Å². The summed E-state index contributed by atoms with van der Waals surface area (Å²) in [4.78, 5) is 29.3. The number of benzene rings is 4. The van der Waals surface area contributed by atoms with E-state index in [2.05, 4.69) is 20.5 Å². The summed E-state index contributed by atoms with van der Waals surface area (Å²) in [6.07, 6.45) is 5.76. The molecular formula is C31H22N4O2. The summed E-state index contributed by atoms with van der Waals surface area (Å²) in [7, 11) is 0. The Bertz CT molecular complexity index is 1790. The minimum Gasteiger partial charge on any atom is -0.361 e. The van der Waals surface area contributed by atoms with Crippen molar-refractivity contribution in [1.29, 1.82) is 0 Å². The molecule has 0 aliphatic carbocycles. The number of H-pyrrole nitrogens is 2. The summed E-state index contributed by atoms with van der Waals surface area (Å²) < 4.78 is 0. The van der Waals surface area contributed by atoms with Crippen LogP contribution in [0.3, 0.4) is 0 Å². The number of hydrogen-bond acceptors (Lipinski definition) is 3. The van der Waals surface area contributed by atoms with Crippen LogP contribution in [0, 0.1) is 0 Å². The highest BCUT2D eigenvalue weighted by atomic mass is 16.1. The zero-order valence-electron chi connectivity index (χ0n) is 19.7. The topological polar surface area (TPSA) is 90.6 Å². The standard InChI is InChI=1S/C31H22N4O2/c36-30(23-13-14-25-27(34-35-28(25)19-23)15-12-20-6-2-1-3-7-20)22-9-4-10-24(18-22)33-31(37)26-11-5-8-21-16-17-32-29(21)26/h1-19,32H,(H,33,37)(H,34,35)/b15-12+. The van der Waals surface area contributed by atoms with E-state index in [9.17, 15) is 9.59 Å². The number of ketones is 1.